The van der Waals surface area contributed by atoms with Gasteiger partial charge in [-0.15, -0.1) is 5.10 Å². The van der Waals surface area contributed by atoms with Gasteiger partial charge in [0.15, 0.2) is 5.82 Å². The van der Waals surface area contributed by atoms with Crippen molar-refractivity contribution in [3.63, 3.8) is 0 Å². The van der Waals surface area contributed by atoms with E-state index in [-0.39, 0.29) is 0 Å². The highest BCUT2D eigenvalue weighted by atomic mass is 16.5. The average molecular weight is 248 g/mol. The first kappa shape index (κ1) is 11.3. The Morgan fingerprint density at radius 1 is 1.56 bits per heavy atom. The highest BCUT2D eigenvalue weighted by Gasteiger charge is 2.49. The van der Waals surface area contributed by atoms with Gasteiger partial charge in [0.25, 0.3) is 0 Å². The van der Waals surface area contributed by atoms with Crippen LogP contribution >= 0.6 is 0 Å². The minimum atomic E-state index is 0.307. The first-order valence-corrected chi connectivity index (χ1v) is 6.00. The molecule has 2 aromatic rings. The predicted molar refractivity (Wildman–Crippen MR) is 62.5 cm³/mol. The molecule has 0 aromatic carbocycles. The Balaban J connectivity index is 1.70. The summed E-state index contributed by atoms with van der Waals surface area (Å²) in [4.78, 5) is 4.40. The molecule has 0 bridgehead atoms. The Labute approximate surface area is 104 Å². The summed E-state index contributed by atoms with van der Waals surface area (Å²) in [5.74, 6) is 1.78. The number of nitrogens with zero attached hydrogens (tertiary/aromatic N) is 5. The van der Waals surface area contributed by atoms with E-state index in [2.05, 4.69) is 34.3 Å². The molecule has 1 atom stereocenters. The topological polar surface area (TPSA) is 95.7 Å². The van der Waals surface area contributed by atoms with Crippen LogP contribution in [-0.4, -0.2) is 25.1 Å². The Morgan fingerprint density at radius 2 is 2.33 bits per heavy atom. The second-order valence-corrected chi connectivity index (χ2v) is 5.40. The largest absolute Gasteiger partial charge is 0.337 e. The van der Waals surface area contributed by atoms with E-state index in [1.54, 1.807) is 10.9 Å². The van der Waals surface area contributed by atoms with E-state index in [0.29, 0.717) is 30.3 Å². The van der Waals surface area contributed by atoms with Crippen LogP contribution in [0.25, 0.3) is 0 Å². The summed E-state index contributed by atoms with van der Waals surface area (Å²) in [5.41, 5.74) is 6.53. The number of hydrogen-bond donors (Lipinski definition) is 1. The van der Waals surface area contributed by atoms with Crippen LogP contribution in [0, 0.1) is 5.41 Å². The molecule has 1 unspecified atom stereocenters. The molecule has 1 aliphatic rings. The lowest BCUT2D eigenvalue weighted by molar-refractivity contribution is 0.358. The van der Waals surface area contributed by atoms with Gasteiger partial charge < -0.3 is 10.3 Å². The zero-order valence-electron chi connectivity index (χ0n) is 10.5. The van der Waals surface area contributed by atoms with E-state index < -0.39 is 0 Å². The molecular formula is C11H16N6O. The van der Waals surface area contributed by atoms with Crippen LogP contribution in [0.15, 0.2) is 10.7 Å². The predicted octanol–water partition coefficient (Wildman–Crippen LogP) is 0.682. The molecule has 0 saturated heterocycles. The maximum atomic E-state index is 5.47. The van der Waals surface area contributed by atoms with Crippen molar-refractivity contribution in [3.05, 3.63) is 23.6 Å². The van der Waals surface area contributed by atoms with Crippen molar-refractivity contribution in [3.8, 4) is 0 Å². The zero-order valence-corrected chi connectivity index (χ0v) is 10.5. The highest BCUT2D eigenvalue weighted by Crippen LogP contribution is 2.57. The van der Waals surface area contributed by atoms with Crippen LogP contribution < -0.4 is 5.73 Å². The molecule has 0 radical (unpaired) electrons. The molecule has 18 heavy (non-hydrogen) atoms. The lowest BCUT2D eigenvalue weighted by Crippen LogP contribution is -2.01. The van der Waals surface area contributed by atoms with Gasteiger partial charge in [-0.05, 0) is 11.8 Å². The second kappa shape index (κ2) is 3.88. The molecule has 3 rings (SSSR count). The lowest BCUT2D eigenvalue weighted by atomic mass is 10.1. The number of hydrogen-bond acceptors (Lipinski definition) is 6. The van der Waals surface area contributed by atoms with Crippen LogP contribution in [-0.2, 0) is 13.1 Å². The average Bonchev–Trinajstić information content (AvgIpc) is 2.79. The van der Waals surface area contributed by atoms with Gasteiger partial charge in [-0.3, -0.25) is 0 Å². The molecule has 1 aliphatic carbocycles. The van der Waals surface area contributed by atoms with Crippen molar-refractivity contribution >= 4 is 0 Å². The molecule has 96 valence electrons. The third-order valence-electron chi connectivity index (χ3n) is 3.40. The summed E-state index contributed by atoms with van der Waals surface area (Å²) in [5, 5.41) is 11.9. The minimum Gasteiger partial charge on any atom is -0.337 e. The Morgan fingerprint density at radius 3 is 2.94 bits per heavy atom. The number of aromatic nitrogens is 5. The molecule has 2 heterocycles. The second-order valence-electron chi connectivity index (χ2n) is 5.40. The third kappa shape index (κ3) is 2.01. The molecule has 7 nitrogen and oxygen atoms in total. The van der Waals surface area contributed by atoms with Gasteiger partial charge in [0.05, 0.1) is 11.9 Å². The molecule has 1 fully saturated rings. The maximum absolute atomic E-state index is 5.47. The normalized spacial score (nSPS) is 21.2. The molecule has 0 amide bonds. The van der Waals surface area contributed by atoms with E-state index in [1.165, 1.54) is 0 Å². The Hall–Kier alpha value is -1.76. The van der Waals surface area contributed by atoms with Crippen LogP contribution in [0.2, 0.25) is 0 Å². The van der Waals surface area contributed by atoms with Gasteiger partial charge in [0.2, 0.25) is 5.89 Å². The summed E-state index contributed by atoms with van der Waals surface area (Å²) in [6, 6.07) is 0. The molecular weight excluding hydrogens is 232 g/mol. The smallest absolute Gasteiger partial charge is 0.248 e. The summed E-state index contributed by atoms with van der Waals surface area (Å²) < 4.78 is 6.88. The molecule has 2 N–H and O–H groups in total. The monoisotopic (exact) mass is 248 g/mol. The van der Waals surface area contributed by atoms with Crippen LogP contribution in [0.3, 0.4) is 0 Å². The summed E-state index contributed by atoms with van der Waals surface area (Å²) in [7, 11) is 0. The van der Waals surface area contributed by atoms with Crippen molar-refractivity contribution in [1.82, 2.24) is 25.1 Å². The van der Waals surface area contributed by atoms with Crippen LogP contribution in [0.4, 0.5) is 0 Å². The van der Waals surface area contributed by atoms with E-state index in [1.807, 2.05) is 0 Å². The first-order chi connectivity index (χ1) is 8.58. The fraction of sp³-hybridized carbons (Fsp3) is 0.636. The first-order valence-electron chi connectivity index (χ1n) is 6.00. The fourth-order valence-corrected chi connectivity index (χ4v) is 2.03. The van der Waals surface area contributed by atoms with Gasteiger partial charge >= 0.3 is 0 Å². The Kier molecular flexibility index (Phi) is 2.44. The standard InChI is InChI=1S/C11H16N6O/c1-11(2)3-8(11)10-13-9(18-15-10)6-17-5-7(4-12)14-16-17/h5,8H,3-4,6,12H2,1-2H3. The van der Waals surface area contributed by atoms with E-state index in [0.717, 1.165) is 17.9 Å². The van der Waals surface area contributed by atoms with E-state index in [9.17, 15) is 0 Å². The molecule has 0 spiro atoms. The molecule has 2 aromatic heterocycles. The molecule has 7 heteroatoms. The van der Waals surface area contributed by atoms with Gasteiger partial charge in [0, 0.05) is 12.5 Å². The fourth-order valence-electron chi connectivity index (χ4n) is 2.03. The SMILES string of the molecule is CC1(C)CC1c1noc(Cn2cc(CN)nn2)n1. The van der Waals surface area contributed by atoms with Crippen LogP contribution in [0.5, 0.6) is 0 Å². The van der Waals surface area contributed by atoms with Crippen molar-refractivity contribution in [2.75, 3.05) is 0 Å². The van der Waals surface area contributed by atoms with Gasteiger partial charge in [-0.25, -0.2) is 4.68 Å². The molecule has 0 aliphatic heterocycles. The third-order valence-corrected chi connectivity index (χ3v) is 3.40. The number of rotatable bonds is 4. The highest BCUT2D eigenvalue weighted by molar-refractivity contribution is 5.14. The summed E-state index contributed by atoms with van der Waals surface area (Å²) in [6.07, 6.45) is 2.90. The molecule has 1 saturated carbocycles. The summed E-state index contributed by atoms with van der Waals surface area (Å²) >= 11 is 0. The van der Waals surface area contributed by atoms with Gasteiger partial charge in [-0.1, -0.05) is 24.2 Å². The van der Waals surface area contributed by atoms with Crippen LogP contribution in [0.1, 0.15) is 43.6 Å². The van der Waals surface area contributed by atoms with E-state index >= 15 is 0 Å². The van der Waals surface area contributed by atoms with E-state index in [4.69, 9.17) is 10.3 Å². The lowest BCUT2D eigenvalue weighted by Gasteiger charge is -1.95. The van der Waals surface area contributed by atoms with Gasteiger partial charge in [0.1, 0.15) is 6.54 Å². The van der Waals surface area contributed by atoms with Crippen molar-refractivity contribution in [2.45, 2.75) is 39.3 Å². The van der Waals surface area contributed by atoms with Crippen molar-refractivity contribution in [2.24, 2.45) is 11.1 Å². The Bertz CT molecular complexity index is 557. The number of nitrogens with two attached hydrogens (primary N) is 1. The van der Waals surface area contributed by atoms with Crippen molar-refractivity contribution in [1.29, 1.82) is 0 Å². The summed E-state index contributed by atoms with van der Waals surface area (Å²) in [6.45, 7) is 5.23. The minimum absolute atomic E-state index is 0.307. The van der Waals surface area contributed by atoms with Crippen molar-refractivity contribution < 1.29 is 4.52 Å². The zero-order chi connectivity index (χ0) is 12.8. The quantitative estimate of drug-likeness (QED) is 0.854. The maximum Gasteiger partial charge on any atom is 0.248 e. The van der Waals surface area contributed by atoms with Gasteiger partial charge in [-0.2, -0.15) is 4.98 Å².